The van der Waals surface area contributed by atoms with Crippen molar-refractivity contribution in [2.45, 2.75) is 13.1 Å². The number of anilines is 1. The lowest BCUT2D eigenvalue weighted by Crippen LogP contribution is -2.16. The van der Waals surface area contributed by atoms with Crippen LogP contribution < -0.4 is 11.3 Å². The normalized spacial score (nSPS) is 11.9. The quantitative estimate of drug-likeness (QED) is 0.461. The van der Waals surface area contributed by atoms with Crippen LogP contribution in [0.2, 0.25) is 0 Å². The number of alkyl halides is 3. The molecule has 1 heterocycles. The molecule has 96 valence electrons. The number of hydrazine groups is 1. The van der Waals surface area contributed by atoms with Crippen LogP contribution in [0.3, 0.4) is 0 Å². The third kappa shape index (κ3) is 2.12. The first-order valence-corrected chi connectivity index (χ1v) is 6.06. The van der Waals surface area contributed by atoms with Gasteiger partial charge in [-0.2, -0.15) is 13.2 Å². The molecule has 0 aliphatic rings. The van der Waals surface area contributed by atoms with Crippen molar-refractivity contribution in [3.8, 4) is 0 Å². The molecule has 0 bridgehead atoms. The van der Waals surface area contributed by atoms with Gasteiger partial charge in [-0.25, -0.2) is 4.98 Å². The second-order valence-electron chi connectivity index (χ2n) is 3.74. The van der Waals surface area contributed by atoms with Gasteiger partial charge in [0, 0.05) is 14.5 Å². The third-order valence-electron chi connectivity index (χ3n) is 2.62. The van der Waals surface area contributed by atoms with Crippen LogP contribution >= 0.6 is 22.6 Å². The lowest BCUT2D eigenvalue weighted by atomic mass is 10.1. The highest BCUT2D eigenvalue weighted by atomic mass is 127. The van der Waals surface area contributed by atoms with Gasteiger partial charge in [0.05, 0.1) is 11.2 Å². The SMILES string of the molecule is Cc1c(C(F)(F)F)nc2c(I)cccc2c1NN. The molecule has 0 unspecified atom stereocenters. The van der Waals surface area contributed by atoms with E-state index >= 15 is 0 Å². The Morgan fingerprint density at radius 1 is 1.33 bits per heavy atom. The summed E-state index contributed by atoms with van der Waals surface area (Å²) >= 11 is 1.95. The average Bonchev–Trinajstić information content (AvgIpc) is 2.27. The molecule has 0 amide bonds. The summed E-state index contributed by atoms with van der Waals surface area (Å²) in [5.41, 5.74) is 1.97. The highest BCUT2D eigenvalue weighted by Gasteiger charge is 2.36. The maximum atomic E-state index is 12.9. The molecule has 0 aliphatic carbocycles. The molecule has 2 aromatic rings. The van der Waals surface area contributed by atoms with E-state index in [9.17, 15) is 13.2 Å². The molecule has 0 saturated heterocycles. The van der Waals surface area contributed by atoms with Gasteiger partial charge >= 0.3 is 6.18 Å². The van der Waals surface area contributed by atoms with Crippen molar-refractivity contribution >= 4 is 39.2 Å². The number of halogens is 4. The summed E-state index contributed by atoms with van der Waals surface area (Å²) in [7, 11) is 0. The lowest BCUT2D eigenvalue weighted by molar-refractivity contribution is -0.141. The van der Waals surface area contributed by atoms with Crippen molar-refractivity contribution in [1.82, 2.24) is 4.98 Å². The number of nitrogens with one attached hydrogen (secondary N) is 1. The van der Waals surface area contributed by atoms with Crippen LogP contribution in [0.1, 0.15) is 11.3 Å². The van der Waals surface area contributed by atoms with Crippen molar-refractivity contribution < 1.29 is 13.2 Å². The summed E-state index contributed by atoms with van der Waals surface area (Å²) < 4.78 is 39.3. The van der Waals surface area contributed by atoms with E-state index in [0.717, 1.165) is 0 Å². The van der Waals surface area contributed by atoms with E-state index in [4.69, 9.17) is 5.84 Å². The Bertz CT molecular complexity index is 610. The number of fused-ring (bicyclic) bond motifs is 1. The molecular formula is C11H9F3IN3. The molecule has 1 aromatic heterocycles. The summed E-state index contributed by atoms with van der Waals surface area (Å²) in [4.78, 5) is 3.73. The number of aromatic nitrogens is 1. The Morgan fingerprint density at radius 2 is 2.00 bits per heavy atom. The van der Waals surface area contributed by atoms with E-state index < -0.39 is 11.9 Å². The minimum absolute atomic E-state index is 0.000463. The Morgan fingerprint density at radius 3 is 2.56 bits per heavy atom. The van der Waals surface area contributed by atoms with Gasteiger partial charge in [0.2, 0.25) is 0 Å². The molecule has 0 atom stereocenters. The molecular weight excluding hydrogens is 358 g/mol. The number of pyridine rings is 1. The number of nitrogen functional groups attached to an aromatic ring is 1. The topological polar surface area (TPSA) is 50.9 Å². The van der Waals surface area contributed by atoms with E-state index in [1.54, 1.807) is 18.2 Å². The number of rotatable bonds is 1. The molecule has 0 saturated carbocycles. The molecule has 0 radical (unpaired) electrons. The fourth-order valence-electron chi connectivity index (χ4n) is 1.81. The number of benzene rings is 1. The number of nitrogens with zero attached hydrogens (tertiary/aromatic N) is 1. The number of hydrogen-bond donors (Lipinski definition) is 2. The first-order chi connectivity index (χ1) is 8.36. The Hall–Kier alpha value is -1.09. The molecule has 1 aromatic carbocycles. The van der Waals surface area contributed by atoms with Crippen molar-refractivity contribution in [3.63, 3.8) is 0 Å². The summed E-state index contributed by atoms with van der Waals surface area (Å²) in [5, 5.41) is 0.579. The summed E-state index contributed by atoms with van der Waals surface area (Å²) in [6.45, 7) is 1.35. The molecule has 0 aliphatic heterocycles. The van der Waals surface area contributed by atoms with Crippen LogP contribution in [0.25, 0.3) is 10.9 Å². The van der Waals surface area contributed by atoms with Gasteiger partial charge in [0.1, 0.15) is 5.69 Å². The fraction of sp³-hybridized carbons (Fsp3) is 0.182. The number of hydrogen-bond acceptors (Lipinski definition) is 3. The molecule has 3 N–H and O–H groups in total. The second-order valence-corrected chi connectivity index (χ2v) is 4.90. The Kier molecular flexibility index (Phi) is 3.37. The second kappa shape index (κ2) is 4.54. The molecule has 0 fully saturated rings. The zero-order chi connectivity index (χ0) is 13.5. The van der Waals surface area contributed by atoms with Crippen molar-refractivity contribution in [2.24, 2.45) is 5.84 Å². The smallest absolute Gasteiger partial charge is 0.323 e. The summed E-state index contributed by atoms with van der Waals surface area (Å²) in [5.74, 6) is 5.33. The molecule has 7 heteroatoms. The average molecular weight is 367 g/mol. The monoisotopic (exact) mass is 367 g/mol. The minimum Gasteiger partial charge on any atom is -0.323 e. The van der Waals surface area contributed by atoms with Crippen LogP contribution in [-0.2, 0) is 6.18 Å². The van der Waals surface area contributed by atoms with Gasteiger partial charge in [-0.3, -0.25) is 5.84 Å². The maximum Gasteiger partial charge on any atom is 0.433 e. The van der Waals surface area contributed by atoms with Crippen LogP contribution in [-0.4, -0.2) is 4.98 Å². The van der Waals surface area contributed by atoms with Crippen LogP contribution in [0.15, 0.2) is 18.2 Å². The highest BCUT2D eigenvalue weighted by Crippen LogP contribution is 2.37. The van der Waals surface area contributed by atoms with Gasteiger partial charge < -0.3 is 5.43 Å². The zero-order valence-electron chi connectivity index (χ0n) is 9.27. The van der Waals surface area contributed by atoms with Crippen LogP contribution in [0.5, 0.6) is 0 Å². The molecule has 0 spiro atoms. The summed E-state index contributed by atoms with van der Waals surface area (Å²) in [6.07, 6.45) is -4.50. The van der Waals surface area contributed by atoms with Gasteiger partial charge in [0.15, 0.2) is 0 Å². The van der Waals surface area contributed by atoms with Gasteiger partial charge in [-0.05, 0) is 35.6 Å². The first kappa shape index (κ1) is 13.3. The Balaban J connectivity index is 2.92. The van der Waals surface area contributed by atoms with Gasteiger partial charge in [0.25, 0.3) is 0 Å². The first-order valence-electron chi connectivity index (χ1n) is 4.99. The van der Waals surface area contributed by atoms with Gasteiger partial charge in [-0.1, -0.05) is 12.1 Å². The standard InChI is InChI=1S/C11H9F3IN3/c1-5-8(18-16)6-3-2-4-7(15)9(6)17-10(5)11(12,13)14/h2-4H,16H2,1H3,(H,17,18). The number of nitrogens with two attached hydrogens (primary N) is 1. The van der Waals surface area contributed by atoms with E-state index in [0.29, 0.717) is 14.5 Å². The van der Waals surface area contributed by atoms with Crippen LogP contribution in [0.4, 0.5) is 18.9 Å². The fourth-order valence-corrected chi connectivity index (χ4v) is 2.43. The number of para-hydroxylation sites is 1. The third-order valence-corrected chi connectivity index (χ3v) is 3.49. The Labute approximate surface area is 115 Å². The molecule has 18 heavy (non-hydrogen) atoms. The molecule has 2 rings (SSSR count). The van der Waals surface area contributed by atoms with Crippen molar-refractivity contribution in [1.29, 1.82) is 0 Å². The van der Waals surface area contributed by atoms with E-state index in [1.165, 1.54) is 6.92 Å². The van der Waals surface area contributed by atoms with Crippen molar-refractivity contribution in [2.75, 3.05) is 5.43 Å². The minimum atomic E-state index is -4.50. The summed E-state index contributed by atoms with van der Waals surface area (Å²) in [6, 6.07) is 5.14. The van der Waals surface area contributed by atoms with Crippen LogP contribution in [0, 0.1) is 10.5 Å². The van der Waals surface area contributed by atoms with Crippen molar-refractivity contribution in [3.05, 3.63) is 33.0 Å². The van der Waals surface area contributed by atoms with E-state index in [1.807, 2.05) is 22.6 Å². The lowest BCUT2D eigenvalue weighted by Gasteiger charge is -2.16. The highest BCUT2D eigenvalue weighted by molar-refractivity contribution is 14.1. The van der Waals surface area contributed by atoms with E-state index in [-0.39, 0.29) is 11.3 Å². The predicted octanol–water partition coefficient (Wildman–Crippen LogP) is 3.45. The maximum absolute atomic E-state index is 12.9. The van der Waals surface area contributed by atoms with Gasteiger partial charge in [-0.15, -0.1) is 0 Å². The van der Waals surface area contributed by atoms with E-state index in [2.05, 4.69) is 10.4 Å². The molecule has 3 nitrogen and oxygen atoms in total. The zero-order valence-corrected chi connectivity index (χ0v) is 11.4. The predicted molar refractivity (Wildman–Crippen MR) is 72.0 cm³/mol. The largest absolute Gasteiger partial charge is 0.433 e.